The van der Waals surface area contributed by atoms with Crippen molar-refractivity contribution in [1.29, 1.82) is 0 Å². The quantitative estimate of drug-likeness (QED) is 0.424. The van der Waals surface area contributed by atoms with Crippen molar-refractivity contribution in [3.8, 4) is 23.1 Å². The van der Waals surface area contributed by atoms with Crippen LogP contribution in [-0.4, -0.2) is 30.3 Å². The molecule has 2 aromatic carbocycles. The SMILES string of the molecule is COCc1nn(C)c(Oc2cc(OCc3ccc(OC)cc3)c(Cl)cc2Cl)c1C=O. The number of benzene rings is 2. The maximum Gasteiger partial charge on any atom is 0.228 e. The van der Waals surface area contributed by atoms with Gasteiger partial charge in [0, 0.05) is 20.2 Å². The van der Waals surface area contributed by atoms with Gasteiger partial charge in [-0.1, -0.05) is 35.3 Å². The number of methoxy groups -OCH3 is 2. The van der Waals surface area contributed by atoms with E-state index in [9.17, 15) is 4.79 Å². The largest absolute Gasteiger partial charge is 0.497 e. The summed E-state index contributed by atoms with van der Waals surface area (Å²) in [6, 6.07) is 10.6. The van der Waals surface area contributed by atoms with E-state index in [0.29, 0.717) is 22.8 Å². The Morgan fingerprint density at radius 1 is 1.03 bits per heavy atom. The van der Waals surface area contributed by atoms with E-state index in [1.54, 1.807) is 20.2 Å². The van der Waals surface area contributed by atoms with Crippen molar-refractivity contribution >= 4 is 29.5 Å². The zero-order valence-electron chi connectivity index (χ0n) is 16.6. The van der Waals surface area contributed by atoms with Crippen LogP contribution in [0, 0.1) is 0 Å². The molecule has 3 aromatic rings. The molecule has 0 fully saturated rings. The van der Waals surface area contributed by atoms with Crippen molar-refractivity contribution in [3.05, 3.63) is 63.3 Å². The first-order chi connectivity index (χ1) is 14.5. The molecule has 30 heavy (non-hydrogen) atoms. The first-order valence-electron chi connectivity index (χ1n) is 8.89. The van der Waals surface area contributed by atoms with E-state index in [1.807, 2.05) is 24.3 Å². The number of hydrogen-bond donors (Lipinski definition) is 0. The number of halogens is 2. The summed E-state index contributed by atoms with van der Waals surface area (Å²) in [5.74, 6) is 1.66. The van der Waals surface area contributed by atoms with Crippen LogP contribution in [0.5, 0.6) is 23.1 Å². The van der Waals surface area contributed by atoms with Crippen molar-refractivity contribution in [1.82, 2.24) is 9.78 Å². The van der Waals surface area contributed by atoms with Crippen molar-refractivity contribution in [2.24, 2.45) is 7.05 Å². The lowest BCUT2D eigenvalue weighted by Gasteiger charge is -2.13. The molecular formula is C21H20Cl2N2O5. The summed E-state index contributed by atoms with van der Waals surface area (Å²) in [4.78, 5) is 11.6. The molecule has 7 nitrogen and oxygen atoms in total. The van der Waals surface area contributed by atoms with E-state index in [1.165, 1.54) is 17.9 Å². The highest BCUT2D eigenvalue weighted by Crippen LogP contribution is 2.39. The van der Waals surface area contributed by atoms with Crippen LogP contribution in [0.3, 0.4) is 0 Å². The fourth-order valence-corrected chi connectivity index (χ4v) is 3.22. The Kier molecular flexibility index (Phi) is 7.20. The van der Waals surface area contributed by atoms with Crippen LogP contribution in [0.4, 0.5) is 0 Å². The number of nitrogens with zero attached hydrogens (tertiary/aromatic N) is 2. The van der Waals surface area contributed by atoms with Gasteiger partial charge in [0.2, 0.25) is 5.88 Å². The Hall–Kier alpha value is -2.74. The Labute approximate surface area is 184 Å². The third kappa shape index (κ3) is 4.87. The number of ether oxygens (including phenoxy) is 4. The second-order valence-electron chi connectivity index (χ2n) is 6.29. The van der Waals surface area contributed by atoms with Gasteiger partial charge in [0.05, 0.1) is 23.8 Å². The number of aromatic nitrogens is 2. The van der Waals surface area contributed by atoms with E-state index in [2.05, 4.69) is 5.10 Å². The molecule has 9 heteroatoms. The van der Waals surface area contributed by atoms with E-state index in [0.717, 1.165) is 11.3 Å². The summed E-state index contributed by atoms with van der Waals surface area (Å²) >= 11 is 12.6. The third-order valence-corrected chi connectivity index (χ3v) is 4.84. The van der Waals surface area contributed by atoms with E-state index < -0.39 is 0 Å². The molecule has 0 aliphatic rings. The van der Waals surface area contributed by atoms with Gasteiger partial charge in [-0.3, -0.25) is 4.79 Å². The smallest absolute Gasteiger partial charge is 0.228 e. The van der Waals surface area contributed by atoms with Gasteiger partial charge < -0.3 is 18.9 Å². The van der Waals surface area contributed by atoms with Crippen LogP contribution < -0.4 is 14.2 Å². The van der Waals surface area contributed by atoms with Crippen molar-refractivity contribution < 1.29 is 23.7 Å². The molecule has 1 heterocycles. The summed E-state index contributed by atoms with van der Waals surface area (Å²) in [6.07, 6.45) is 0.668. The summed E-state index contributed by atoms with van der Waals surface area (Å²) in [7, 11) is 4.79. The van der Waals surface area contributed by atoms with Crippen molar-refractivity contribution in [2.75, 3.05) is 14.2 Å². The maximum absolute atomic E-state index is 11.6. The predicted octanol–water partition coefficient (Wildman–Crippen LogP) is 5.07. The summed E-state index contributed by atoms with van der Waals surface area (Å²) in [5.41, 5.74) is 1.68. The van der Waals surface area contributed by atoms with Crippen LogP contribution in [0.2, 0.25) is 10.0 Å². The van der Waals surface area contributed by atoms with Crippen molar-refractivity contribution in [2.45, 2.75) is 13.2 Å². The zero-order chi connectivity index (χ0) is 21.7. The van der Waals surface area contributed by atoms with E-state index in [4.69, 9.17) is 42.1 Å². The molecular weight excluding hydrogens is 431 g/mol. The molecule has 1 aromatic heterocycles. The lowest BCUT2D eigenvalue weighted by atomic mass is 10.2. The highest BCUT2D eigenvalue weighted by molar-refractivity contribution is 6.36. The van der Waals surface area contributed by atoms with Crippen LogP contribution >= 0.6 is 23.2 Å². The molecule has 0 amide bonds. The molecule has 0 saturated carbocycles. The van der Waals surface area contributed by atoms with Crippen LogP contribution in [-0.2, 0) is 25.0 Å². The highest BCUT2D eigenvalue weighted by Gasteiger charge is 2.20. The standard InChI is InChI=1S/C21H20Cl2N2O5/c1-25-21(15(10-26)18(24-25)12-27-2)30-20-9-19(16(22)8-17(20)23)29-11-13-4-6-14(28-3)7-5-13/h4-10H,11-12H2,1-3H3. The molecule has 0 atom stereocenters. The van der Waals surface area contributed by atoms with Gasteiger partial charge >= 0.3 is 0 Å². The lowest BCUT2D eigenvalue weighted by Crippen LogP contribution is -1.99. The lowest BCUT2D eigenvalue weighted by molar-refractivity contribution is 0.111. The summed E-state index contributed by atoms with van der Waals surface area (Å²) in [6.45, 7) is 0.462. The molecule has 0 N–H and O–H groups in total. The van der Waals surface area contributed by atoms with Crippen LogP contribution in [0.1, 0.15) is 21.6 Å². The number of rotatable bonds is 9. The van der Waals surface area contributed by atoms with Gasteiger partial charge in [-0.25, -0.2) is 4.68 Å². The van der Waals surface area contributed by atoms with Gasteiger partial charge in [-0.05, 0) is 23.8 Å². The number of aryl methyl sites for hydroxylation is 1. The van der Waals surface area contributed by atoms with Crippen LogP contribution in [0.15, 0.2) is 36.4 Å². The van der Waals surface area contributed by atoms with Gasteiger partial charge in [0.15, 0.2) is 12.0 Å². The fraction of sp³-hybridized carbons (Fsp3) is 0.238. The highest BCUT2D eigenvalue weighted by atomic mass is 35.5. The Morgan fingerprint density at radius 3 is 2.37 bits per heavy atom. The van der Waals surface area contributed by atoms with Gasteiger partial charge in [0.25, 0.3) is 0 Å². The number of hydrogen-bond acceptors (Lipinski definition) is 6. The van der Waals surface area contributed by atoms with Gasteiger partial charge in [0.1, 0.15) is 29.4 Å². The topological polar surface area (TPSA) is 71.8 Å². The second-order valence-corrected chi connectivity index (χ2v) is 7.11. The van der Waals surface area contributed by atoms with Gasteiger partial charge in [-0.15, -0.1) is 0 Å². The first kappa shape index (κ1) is 22.0. The molecule has 3 rings (SSSR count). The predicted molar refractivity (Wildman–Crippen MR) is 113 cm³/mol. The molecule has 0 saturated heterocycles. The Morgan fingerprint density at radius 2 is 1.73 bits per heavy atom. The normalized spacial score (nSPS) is 10.7. The molecule has 0 aliphatic heterocycles. The number of carbonyl (C=O) groups excluding carboxylic acids is 1. The minimum absolute atomic E-state index is 0.176. The fourth-order valence-electron chi connectivity index (χ4n) is 2.75. The summed E-state index contributed by atoms with van der Waals surface area (Å²) < 4.78 is 23.4. The Balaban J connectivity index is 1.83. The monoisotopic (exact) mass is 450 g/mol. The van der Waals surface area contributed by atoms with Gasteiger partial charge in [-0.2, -0.15) is 5.10 Å². The van der Waals surface area contributed by atoms with Crippen molar-refractivity contribution in [3.63, 3.8) is 0 Å². The minimum atomic E-state index is 0.176. The number of aldehydes is 1. The second kappa shape index (κ2) is 9.84. The van der Waals surface area contributed by atoms with E-state index >= 15 is 0 Å². The molecule has 158 valence electrons. The molecule has 0 unspecified atom stereocenters. The molecule has 0 radical (unpaired) electrons. The summed E-state index contributed by atoms with van der Waals surface area (Å²) in [5, 5.41) is 4.85. The zero-order valence-corrected chi connectivity index (χ0v) is 18.2. The third-order valence-electron chi connectivity index (χ3n) is 4.25. The molecule has 0 aliphatic carbocycles. The average molecular weight is 451 g/mol. The average Bonchev–Trinajstić information content (AvgIpc) is 3.03. The first-order valence-corrected chi connectivity index (χ1v) is 9.65. The molecule has 0 bridgehead atoms. The molecule has 0 spiro atoms. The Bertz CT molecular complexity index is 1030. The van der Waals surface area contributed by atoms with Crippen LogP contribution in [0.25, 0.3) is 0 Å². The number of carbonyl (C=O) groups is 1. The minimum Gasteiger partial charge on any atom is -0.497 e. The maximum atomic E-state index is 11.6. The van der Waals surface area contributed by atoms with E-state index in [-0.39, 0.29) is 35.4 Å².